The minimum atomic E-state index is -0.398. The Morgan fingerprint density at radius 2 is 2.58 bits per heavy atom. The number of hydrogen-bond acceptors (Lipinski definition) is 3. The Morgan fingerprint density at radius 1 is 1.83 bits per heavy atom. The van der Waals surface area contributed by atoms with E-state index in [1.807, 2.05) is 6.08 Å². The normalized spacial score (nSPS) is 9.67. The summed E-state index contributed by atoms with van der Waals surface area (Å²) in [5.74, 6) is 0.428. The van der Waals surface area contributed by atoms with Crippen LogP contribution in [0.3, 0.4) is 0 Å². The molecule has 0 bridgehead atoms. The summed E-state index contributed by atoms with van der Waals surface area (Å²) in [5.41, 5.74) is 5.15. The molecule has 1 heterocycles. The van der Waals surface area contributed by atoms with Gasteiger partial charge in [0.1, 0.15) is 0 Å². The average molecular weight is 230 g/mol. The molecular formula is C7H9N3OSe. The van der Waals surface area contributed by atoms with Crippen molar-refractivity contribution in [2.75, 3.05) is 5.73 Å². The molecule has 0 aromatic carbocycles. The Labute approximate surface area is 76.1 Å². The first kappa shape index (κ1) is 9.03. The topological polar surface area (TPSA) is 71.8 Å². The number of hydrogen-bond donors (Lipinski definition) is 2. The van der Waals surface area contributed by atoms with Gasteiger partial charge in [-0.2, -0.15) is 0 Å². The van der Waals surface area contributed by atoms with Crippen molar-refractivity contribution in [1.29, 1.82) is 0 Å². The average Bonchev–Trinajstić information content (AvgIpc) is 2.03. The fourth-order valence-electron chi connectivity index (χ4n) is 0.660. The second-order valence-corrected chi connectivity index (χ2v) is 4.29. The Morgan fingerprint density at radius 3 is 3.17 bits per heavy atom. The van der Waals surface area contributed by atoms with Gasteiger partial charge in [-0.05, 0) is 0 Å². The van der Waals surface area contributed by atoms with Crippen molar-refractivity contribution in [2.24, 2.45) is 0 Å². The van der Waals surface area contributed by atoms with Crippen LogP contribution in [0.25, 0.3) is 0 Å². The van der Waals surface area contributed by atoms with E-state index in [-0.39, 0.29) is 15.0 Å². The van der Waals surface area contributed by atoms with E-state index in [1.54, 1.807) is 0 Å². The summed E-state index contributed by atoms with van der Waals surface area (Å²) in [7, 11) is 0. The molecule has 12 heavy (non-hydrogen) atoms. The third-order valence-corrected chi connectivity index (χ3v) is 3.34. The van der Waals surface area contributed by atoms with Crippen molar-refractivity contribution in [2.45, 2.75) is 5.32 Å². The first-order valence-electron chi connectivity index (χ1n) is 3.32. The number of aromatic amines is 1. The van der Waals surface area contributed by atoms with Crippen molar-refractivity contribution >= 4 is 25.2 Å². The van der Waals surface area contributed by atoms with Crippen molar-refractivity contribution in [3.05, 3.63) is 29.3 Å². The summed E-state index contributed by atoms with van der Waals surface area (Å²) >= 11 is 0.225. The zero-order valence-electron chi connectivity index (χ0n) is 6.41. The fourth-order valence-corrected chi connectivity index (χ4v) is 1.98. The molecule has 0 saturated heterocycles. The van der Waals surface area contributed by atoms with Crippen LogP contribution in [0.5, 0.6) is 0 Å². The molecule has 64 valence electrons. The molecular weight excluding hydrogens is 221 g/mol. The van der Waals surface area contributed by atoms with Crippen molar-refractivity contribution < 1.29 is 0 Å². The molecule has 0 fully saturated rings. The molecule has 1 aromatic rings. The van der Waals surface area contributed by atoms with Crippen LogP contribution in [0.4, 0.5) is 5.82 Å². The van der Waals surface area contributed by atoms with Gasteiger partial charge in [0, 0.05) is 0 Å². The summed E-state index contributed by atoms with van der Waals surface area (Å²) in [6.07, 6.45) is 3.35. The van der Waals surface area contributed by atoms with E-state index in [9.17, 15) is 4.79 Å². The third-order valence-electron chi connectivity index (χ3n) is 1.16. The number of rotatable bonds is 3. The number of aromatic nitrogens is 2. The van der Waals surface area contributed by atoms with Gasteiger partial charge >= 0.3 is 75.6 Å². The van der Waals surface area contributed by atoms with E-state index in [2.05, 4.69) is 16.5 Å². The monoisotopic (exact) mass is 231 g/mol. The van der Waals surface area contributed by atoms with Crippen LogP contribution in [-0.4, -0.2) is 24.9 Å². The number of nitrogens with one attached hydrogen (secondary N) is 1. The molecule has 0 saturated carbocycles. The Hall–Kier alpha value is -1.06. The van der Waals surface area contributed by atoms with Crippen LogP contribution < -0.4 is 15.9 Å². The van der Waals surface area contributed by atoms with E-state index in [1.165, 1.54) is 6.20 Å². The number of anilines is 1. The van der Waals surface area contributed by atoms with Gasteiger partial charge in [0.2, 0.25) is 0 Å². The molecule has 0 aliphatic rings. The molecule has 0 spiro atoms. The first-order chi connectivity index (χ1) is 5.74. The summed E-state index contributed by atoms with van der Waals surface area (Å²) in [6, 6.07) is 0. The predicted molar refractivity (Wildman–Crippen MR) is 49.7 cm³/mol. The summed E-state index contributed by atoms with van der Waals surface area (Å²) in [6.45, 7) is 3.61. The Bertz CT molecular complexity index is 334. The van der Waals surface area contributed by atoms with Gasteiger partial charge in [-0.25, -0.2) is 0 Å². The molecule has 0 aliphatic heterocycles. The van der Waals surface area contributed by atoms with E-state index in [0.29, 0.717) is 5.82 Å². The second kappa shape index (κ2) is 4.09. The zero-order chi connectivity index (χ0) is 8.97. The van der Waals surface area contributed by atoms with Gasteiger partial charge in [-0.1, -0.05) is 0 Å². The molecule has 1 rings (SSSR count). The number of allylic oxidation sites excluding steroid dienone is 1. The van der Waals surface area contributed by atoms with Crippen LogP contribution in [-0.2, 0) is 0 Å². The van der Waals surface area contributed by atoms with Crippen molar-refractivity contribution in [1.82, 2.24) is 9.97 Å². The molecule has 1 aromatic heterocycles. The van der Waals surface area contributed by atoms with Crippen LogP contribution in [0.15, 0.2) is 23.6 Å². The molecule has 0 atom stereocenters. The third kappa shape index (κ3) is 2.22. The van der Waals surface area contributed by atoms with Crippen molar-refractivity contribution in [3.8, 4) is 0 Å². The maximum atomic E-state index is 10.7. The fraction of sp³-hybridized carbons (Fsp3) is 0.143. The number of nitrogens with zero attached hydrogens (tertiary/aromatic N) is 1. The van der Waals surface area contributed by atoms with Gasteiger partial charge in [-0.15, -0.1) is 0 Å². The second-order valence-electron chi connectivity index (χ2n) is 2.07. The van der Waals surface area contributed by atoms with E-state index in [4.69, 9.17) is 5.73 Å². The summed E-state index contributed by atoms with van der Waals surface area (Å²) in [4.78, 5) is 16.7. The Balaban J connectivity index is 2.86. The standard InChI is InChI=1S/C7H9N3OSe/c1-2-3-12-5-4-9-7(11)10-6(5)8/h2,4H,1,3H2,(H3,8,9,10,11). The molecule has 0 amide bonds. The SMILES string of the molecule is C=CC[Se]c1cnc(=O)[nH]c1N. The first-order valence-corrected chi connectivity index (χ1v) is 5.39. The van der Waals surface area contributed by atoms with Crippen LogP contribution >= 0.6 is 0 Å². The zero-order valence-corrected chi connectivity index (χ0v) is 8.12. The molecule has 3 N–H and O–H groups in total. The predicted octanol–water partition coefficient (Wildman–Crippen LogP) is -0.714. The molecule has 0 unspecified atom stereocenters. The minimum absolute atomic E-state index is 0.225. The van der Waals surface area contributed by atoms with Gasteiger partial charge in [0.05, 0.1) is 0 Å². The van der Waals surface area contributed by atoms with Gasteiger partial charge in [-0.3, -0.25) is 0 Å². The molecule has 0 aliphatic carbocycles. The summed E-state index contributed by atoms with van der Waals surface area (Å²) in [5, 5.41) is 0.894. The van der Waals surface area contributed by atoms with E-state index < -0.39 is 5.69 Å². The molecule has 4 nitrogen and oxygen atoms in total. The number of H-pyrrole nitrogens is 1. The van der Waals surface area contributed by atoms with Gasteiger partial charge in [0.25, 0.3) is 0 Å². The van der Waals surface area contributed by atoms with E-state index >= 15 is 0 Å². The van der Waals surface area contributed by atoms with Crippen molar-refractivity contribution in [3.63, 3.8) is 0 Å². The number of nitrogen functional groups attached to an aromatic ring is 1. The Kier molecular flexibility index (Phi) is 3.08. The van der Waals surface area contributed by atoms with Gasteiger partial charge in [0.15, 0.2) is 0 Å². The van der Waals surface area contributed by atoms with Crippen LogP contribution in [0.1, 0.15) is 0 Å². The van der Waals surface area contributed by atoms with E-state index in [0.717, 1.165) is 9.78 Å². The summed E-state index contributed by atoms with van der Waals surface area (Å²) < 4.78 is 0.919. The van der Waals surface area contributed by atoms with Gasteiger partial charge < -0.3 is 0 Å². The molecule has 0 radical (unpaired) electrons. The van der Waals surface area contributed by atoms with Crippen LogP contribution in [0, 0.1) is 0 Å². The number of nitrogens with two attached hydrogens (primary N) is 1. The quantitative estimate of drug-likeness (QED) is 0.532. The van der Waals surface area contributed by atoms with Crippen LogP contribution in [0.2, 0.25) is 5.32 Å². The maximum absolute atomic E-state index is 10.7. The molecule has 5 heteroatoms.